The van der Waals surface area contributed by atoms with Gasteiger partial charge in [0.2, 0.25) is 0 Å². The first-order chi connectivity index (χ1) is 8.22. The Morgan fingerprint density at radius 2 is 1.88 bits per heavy atom. The minimum atomic E-state index is 0.542. The highest BCUT2D eigenvalue weighted by Gasteiger charge is 2.08. The van der Waals surface area contributed by atoms with Gasteiger partial charge >= 0.3 is 0 Å². The molecule has 0 aliphatic carbocycles. The quantitative estimate of drug-likeness (QED) is 0.878. The van der Waals surface area contributed by atoms with Crippen LogP contribution in [0.5, 0.6) is 5.75 Å². The molecule has 3 heteroatoms. The van der Waals surface area contributed by atoms with Crippen LogP contribution >= 0.6 is 0 Å². The molecule has 2 aromatic rings. The monoisotopic (exact) mass is 228 g/mol. The van der Waals surface area contributed by atoms with Crippen molar-refractivity contribution in [1.82, 2.24) is 4.98 Å². The summed E-state index contributed by atoms with van der Waals surface area (Å²) in [7, 11) is 0. The fourth-order valence-corrected chi connectivity index (χ4v) is 1.84. The van der Waals surface area contributed by atoms with Crippen molar-refractivity contribution in [2.75, 3.05) is 12.3 Å². The third kappa shape index (κ3) is 2.38. The Kier molecular flexibility index (Phi) is 3.28. The number of benzene rings is 1. The minimum absolute atomic E-state index is 0.542. The van der Waals surface area contributed by atoms with Crippen LogP contribution in [0.15, 0.2) is 36.4 Å². The average molecular weight is 228 g/mol. The second kappa shape index (κ2) is 4.87. The van der Waals surface area contributed by atoms with E-state index in [1.807, 2.05) is 50.2 Å². The van der Waals surface area contributed by atoms with E-state index in [-0.39, 0.29) is 0 Å². The summed E-state index contributed by atoms with van der Waals surface area (Å²) < 4.78 is 5.62. The van der Waals surface area contributed by atoms with Gasteiger partial charge in [-0.05, 0) is 32.0 Å². The van der Waals surface area contributed by atoms with E-state index in [1.165, 1.54) is 0 Å². The molecule has 17 heavy (non-hydrogen) atoms. The number of nitrogens with zero attached hydrogens (tertiary/aromatic N) is 1. The van der Waals surface area contributed by atoms with E-state index in [4.69, 9.17) is 10.5 Å². The minimum Gasteiger partial charge on any atom is -0.493 e. The highest BCUT2D eigenvalue weighted by Crippen LogP contribution is 2.31. The van der Waals surface area contributed by atoms with Crippen molar-refractivity contribution >= 4 is 5.82 Å². The standard InChI is InChI=1S/C14H16N2O/c1-3-17-13-7-5-4-6-12(13)11-8-9-14(15)16-10(11)2/h4-9H,3H2,1-2H3,(H2,15,16). The number of rotatable bonds is 3. The van der Waals surface area contributed by atoms with Crippen LogP contribution in [0.1, 0.15) is 12.6 Å². The van der Waals surface area contributed by atoms with Crippen LogP contribution in [0.25, 0.3) is 11.1 Å². The van der Waals surface area contributed by atoms with Gasteiger partial charge in [0, 0.05) is 16.8 Å². The number of hydrogen-bond acceptors (Lipinski definition) is 3. The number of anilines is 1. The fraction of sp³-hybridized carbons (Fsp3) is 0.214. The zero-order valence-corrected chi connectivity index (χ0v) is 10.1. The molecule has 0 saturated carbocycles. The number of ether oxygens (including phenoxy) is 1. The predicted molar refractivity (Wildman–Crippen MR) is 70.0 cm³/mol. The number of para-hydroxylation sites is 1. The predicted octanol–water partition coefficient (Wildman–Crippen LogP) is 3.04. The van der Waals surface area contributed by atoms with Gasteiger partial charge in [-0.15, -0.1) is 0 Å². The molecule has 2 N–H and O–H groups in total. The van der Waals surface area contributed by atoms with Gasteiger partial charge in [-0.25, -0.2) is 4.98 Å². The Morgan fingerprint density at radius 3 is 2.59 bits per heavy atom. The summed E-state index contributed by atoms with van der Waals surface area (Å²) >= 11 is 0. The molecule has 0 atom stereocenters. The van der Waals surface area contributed by atoms with Gasteiger partial charge in [0.1, 0.15) is 11.6 Å². The van der Waals surface area contributed by atoms with Gasteiger partial charge in [-0.1, -0.05) is 18.2 Å². The average Bonchev–Trinajstić information content (AvgIpc) is 2.31. The SMILES string of the molecule is CCOc1ccccc1-c1ccc(N)nc1C. The molecule has 0 aliphatic rings. The highest BCUT2D eigenvalue weighted by molar-refractivity contribution is 5.72. The van der Waals surface area contributed by atoms with Gasteiger partial charge in [0.15, 0.2) is 0 Å². The lowest BCUT2D eigenvalue weighted by molar-refractivity contribution is 0.341. The van der Waals surface area contributed by atoms with E-state index < -0.39 is 0 Å². The van der Waals surface area contributed by atoms with Crippen molar-refractivity contribution in [2.45, 2.75) is 13.8 Å². The summed E-state index contributed by atoms with van der Waals surface area (Å²) in [6.07, 6.45) is 0. The summed E-state index contributed by atoms with van der Waals surface area (Å²) in [6, 6.07) is 11.8. The molecular weight excluding hydrogens is 212 g/mol. The van der Waals surface area contributed by atoms with Gasteiger partial charge in [-0.3, -0.25) is 0 Å². The molecular formula is C14H16N2O. The van der Waals surface area contributed by atoms with Crippen molar-refractivity contribution in [3.8, 4) is 16.9 Å². The number of aromatic nitrogens is 1. The van der Waals surface area contributed by atoms with E-state index in [1.54, 1.807) is 0 Å². The molecule has 1 aromatic heterocycles. The number of pyridine rings is 1. The summed E-state index contributed by atoms with van der Waals surface area (Å²) in [6.45, 7) is 4.58. The zero-order chi connectivity index (χ0) is 12.3. The van der Waals surface area contributed by atoms with Crippen molar-refractivity contribution in [3.63, 3.8) is 0 Å². The summed E-state index contributed by atoms with van der Waals surface area (Å²) in [5.41, 5.74) is 8.69. The summed E-state index contributed by atoms with van der Waals surface area (Å²) in [4.78, 5) is 4.27. The van der Waals surface area contributed by atoms with Gasteiger partial charge in [0.25, 0.3) is 0 Å². The molecule has 1 aromatic carbocycles. The van der Waals surface area contributed by atoms with Gasteiger partial charge < -0.3 is 10.5 Å². The van der Waals surface area contributed by atoms with Crippen LogP contribution in [0.4, 0.5) is 5.82 Å². The van der Waals surface area contributed by atoms with Crippen LogP contribution in [0.2, 0.25) is 0 Å². The Balaban J connectivity index is 2.52. The second-order valence-corrected chi connectivity index (χ2v) is 3.80. The molecule has 0 bridgehead atoms. The van der Waals surface area contributed by atoms with Crippen molar-refractivity contribution < 1.29 is 4.74 Å². The highest BCUT2D eigenvalue weighted by atomic mass is 16.5. The lowest BCUT2D eigenvalue weighted by Gasteiger charge is -2.11. The Bertz CT molecular complexity index is 523. The first kappa shape index (κ1) is 11.5. The van der Waals surface area contributed by atoms with Crippen LogP contribution < -0.4 is 10.5 Å². The molecule has 0 fully saturated rings. The third-order valence-corrected chi connectivity index (χ3v) is 2.58. The van der Waals surface area contributed by atoms with Gasteiger partial charge in [-0.2, -0.15) is 0 Å². The van der Waals surface area contributed by atoms with E-state index >= 15 is 0 Å². The second-order valence-electron chi connectivity index (χ2n) is 3.80. The smallest absolute Gasteiger partial charge is 0.127 e. The maximum atomic E-state index is 5.66. The molecule has 0 aliphatic heterocycles. The molecule has 0 spiro atoms. The summed E-state index contributed by atoms with van der Waals surface area (Å²) in [5.74, 6) is 1.42. The molecule has 0 amide bonds. The van der Waals surface area contributed by atoms with Crippen molar-refractivity contribution in [2.24, 2.45) is 0 Å². The first-order valence-electron chi connectivity index (χ1n) is 5.67. The number of aryl methyl sites for hydroxylation is 1. The molecule has 1 heterocycles. The maximum absolute atomic E-state index is 5.66. The van der Waals surface area contributed by atoms with Crippen LogP contribution in [-0.4, -0.2) is 11.6 Å². The van der Waals surface area contributed by atoms with Crippen molar-refractivity contribution in [1.29, 1.82) is 0 Å². The van der Waals surface area contributed by atoms with Crippen molar-refractivity contribution in [3.05, 3.63) is 42.1 Å². The summed E-state index contributed by atoms with van der Waals surface area (Å²) in [5, 5.41) is 0. The number of nitrogen functional groups attached to an aromatic ring is 1. The molecule has 88 valence electrons. The molecule has 0 unspecified atom stereocenters. The largest absolute Gasteiger partial charge is 0.493 e. The first-order valence-corrected chi connectivity index (χ1v) is 5.67. The van der Waals surface area contributed by atoms with Gasteiger partial charge in [0.05, 0.1) is 6.61 Å². The third-order valence-electron chi connectivity index (χ3n) is 2.58. The molecule has 2 rings (SSSR count). The molecule has 3 nitrogen and oxygen atoms in total. The van der Waals surface area contributed by atoms with E-state index in [9.17, 15) is 0 Å². The van der Waals surface area contributed by atoms with E-state index in [0.717, 1.165) is 22.6 Å². The zero-order valence-electron chi connectivity index (χ0n) is 10.1. The Labute approximate surface area is 101 Å². The Hall–Kier alpha value is -2.03. The van der Waals surface area contributed by atoms with Crippen LogP contribution in [-0.2, 0) is 0 Å². The maximum Gasteiger partial charge on any atom is 0.127 e. The Morgan fingerprint density at radius 1 is 1.12 bits per heavy atom. The molecule has 0 saturated heterocycles. The molecule has 0 radical (unpaired) electrons. The lowest BCUT2D eigenvalue weighted by atomic mass is 10.0. The van der Waals surface area contributed by atoms with Crippen LogP contribution in [0.3, 0.4) is 0 Å². The normalized spacial score (nSPS) is 10.2. The topological polar surface area (TPSA) is 48.1 Å². The van der Waals surface area contributed by atoms with Crippen LogP contribution in [0, 0.1) is 6.92 Å². The fourth-order valence-electron chi connectivity index (χ4n) is 1.84. The lowest BCUT2D eigenvalue weighted by Crippen LogP contribution is -1.97. The number of nitrogens with two attached hydrogens (primary N) is 1. The van der Waals surface area contributed by atoms with E-state index in [0.29, 0.717) is 12.4 Å². The van der Waals surface area contributed by atoms with E-state index in [2.05, 4.69) is 4.98 Å². The number of hydrogen-bond donors (Lipinski definition) is 1.